The Morgan fingerprint density at radius 3 is 2.73 bits per heavy atom. The Balaban J connectivity index is 2.43. The summed E-state index contributed by atoms with van der Waals surface area (Å²) in [6.07, 6.45) is 4.55. The van der Waals surface area contributed by atoms with Gasteiger partial charge in [0.05, 0.1) is 0 Å². The van der Waals surface area contributed by atoms with E-state index in [4.69, 9.17) is 0 Å². The highest BCUT2D eigenvalue weighted by Gasteiger charge is 2.26. The third kappa shape index (κ3) is 3.40. The van der Waals surface area contributed by atoms with Gasteiger partial charge in [0.2, 0.25) is 0 Å². The lowest BCUT2D eigenvalue weighted by Gasteiger charge is -2.24. The molecular formula is C11H18N2O2. The molecule has 0 aliphatic heterocycles. The molecule has 4 nitrogen and oxygen atoms in total. The summed E-state index contributed by atoms with van der Waals surface area (Å²) in [7, 11) is 1.70. The zero-order valence-corrected chi connectivity index (χ0v) is 9.45. The first-order valence-electron chi connectivity index (χ1n) is 5.01. The third-order valence-corrected chi connectivity index (χ3v) is 2.27. The Morgan fingerprint density at radius 1 is 1.60 bits per heavy atom. The minimum absolute atomic E-state index is 0.252. The van der Waals surface area contributed by atoms with Crippen LogP contribution in [0, 0.1) is 0 Å². The summed E-state index contributed by atoms with van der Waals surface area (Å²) in [5.41, 5.74) is -0.127. The van der Waals surface area contributed by atoms with E-state index in [0.717, 1.165) is 12.0 Å². The van der Waals surface area contributed by atoms with Crippen molar-refractivity contribution in [3.05, 3.63) is 24.0 Å². The van der Waals surface area contributed by atoms with Crippen LogP contribution in [0.1, 0.15) is 19.4 Å². The number of nitrogens with one attached hydrogen (secondary N) is 1. The monoisotopic (exact) mass is 210 g/mol. The highest BCUT2D eigenvalue weighted by atomic mass is 16.3. The summed E-state index contributed by atoms with van der Waals surface area (Å²) < 4.78 is 0. The lowest BCUT2D eigenvalue weighted by atomic mass is 10.1. The van der Waals surface area contributed by atoms with Crippen molar-refractivity contribution >= 4 is 5.91 Å². The van der Waals surface area contributed by atoms with Crippen LogP contribution in [-0.2, 0) is 11.2 Å². The molecule has 1 heterocycles. The van der Waals surface area contributed by atoms with E-state index in [1.807, 2.05) is 18.5 Å². The molecule has 1 aromatic rings. The molecule has 0 radical (unpaired) electrons. The lowest BCUT2D eigenvalue weighted by molar-refractivity contribution is -0.146. The topological polar surface area (TPSA) is 56.3 Å². The molecule has 0 fully saturated rings. The molecule has 0 atom stereocenters. The van der Waals surface area contributed by atoms with Crippen LogP contribution >= 0.6 is 0 Å². The number of amides is 1. The van der Waals surface area contributed by atoms with Gasteiger partial charge >= 0.3 is 0 Å². The molecule has 2 N–H and O–H groups in total. The maximum Gasteiger partial charge on any atom is 0.253 e. The lowest BCUT2D eigenvalue weighted by Crippen LogP contribution is -2.43. The maximum atomic E-state index is 11.6. The van der Waals surface area contributed by atoms with E-state index >= 15 is 0 Å². The zero-order valence-electron chi connectivity index (χ0n) is 9.45. The summed E-state index contributed by atoms with van der Waals surface area (Å²) in [6.45, 7) is 3.62. The van der Waals surface area contributed by atoms with Gasteiger partial charge in [-0.05, 0) is 31.9 Å². The minimum Gasteiger partial charge on any atom is -0.381 e. The standard InChI is InChI=1S/C11H18N2O2/c1-11(2,15)10(14)13(3)7-5-9-4-6-12-8-9/h4,6,8,12,15H,5,7H2,1-3H3. The van der Waals surface area contributed by atoms with Crippen LogP contribution in [-0.4, -0.2) is 40.1 Å². The number of nitrogens with zero attached hydrogens (tertiary/aromatic N) is 1. The van der Waals surface area contributed by atoms with Crippen LogP contribution in [0.15, 0.2) is 18.5 Å². The summed E-state index contributed by atoms with van der Waals surface area (Å²) in [6, 6.07) is 1.97. The fourth-order valence-electron chi connectivity index (χ4n) is 1.38. The van der Waals surface area contributed by atoms with Gasteiger partial charge in [0.15, 0.2) is 0 Å². The van der Waals surface area contributed by atoms with Gasteiger partial charge < -0.3 is 15.0 Å². The van der Waals surface area contributed by atoms with E-state index in [9.17, 15) is 9.90 Å². The van der Waals surface area contributed by atoms with Crippen molar-refractivity contribution in [1.82, 2.24) is 9.88 Å². The highest BCUT2D eigenvalue weighted by molar-refractivity contribution is 5.83. The van der Waals surface area contributed by atoms with Gasteiger partial charge in [-0.1, -0.05) is 0 Å². The molecular weight excluding hydrogens is 192 g/mol. The quantitative estimate of drug-likeness (QED) is 0.771. The van der Waals surface area contributed by atoms with Crippen LogP contribution in [0.2, 0.25) is 0 Å². The Bertz CT molecular complexity index is 312. The van der Waals surface area contributed by atoms with E-state index in [1.54, 1.807) is 11.9 Å². The predicted molar refractivity (Wildman–Crippen MR) is 58.4 cm³/mol. The van der Waals surface area contributed by atoms with E-state index in [-0.39, 0.29) is 5.91 Å². The number of aromatic nitrogens is 1. The van der Waals surface area contributed by atoms with E-state index in [1.165, 1.54) is 13.8 Å². The molecule has 0 saturated carbocycles. The van der Waals surface area contributed by atoms with Gasteiger partial charge in [0.25, 0.3) is 5.91 Å². The minimum atomic E-state index is -1.28. The molecule has 0 spiro atoms. The van der Waals surface area contributed by atoms with Crippen LogP contribution in [0.5, 0.6) is 0 Å². The van der Waals surface area contributed by atoms with Crippen LogP contribution in [0.3, 0.4) is 0 Å². The molecule has 0 aromatic carbocycles. The fraction of sp³-hybridized carbons (Fsp3) is 0.545. The normalized spacial score (nSPS) is 11.5. The molecule has 1 rings (SSSR count). The number of likely N-dealkylation sites (N-methyl/N-ethyl adjacent to an activating group) is 1. The number of hydrogen-bond acceptors (Lipinski definition) is 2. The summed E-state index contributed by atoms with van der Waals surface area (Å²) in [5, 5.41) is 9.52. The SMILES string of the molecule is CN(CCc1cc[nH]c1)C(=O)C(C)(C)O. The van der Waals surface area contributed by atoms with Crippen molar-refractivity contribution in [2.75, 3.05) is 13.6 Å². The summed E-state index contributed by atoms with van der Waals surface area (Å²) in [4.78, 5) is 16.1. The van der Waals surface area contributed by atoms with Crippen molar-refractivity contribution in [2.45, 2.75) is 25.9 Å². The molecule has 0 bridgehead atoms. The fourth-order valence-corrected chi connectivity index (χ4v) is 1.38. The van der Waals surface area contributed by atoms with Gasteiger partial charge in [-0.3, -0.25) is 4.79 Å². The molecule has 84 valence electrons. The third-order valence-electron chi connectivity index (χ3n) is 2.27. The average Bonchev–Trinajstić information content (AvgIpc) is 2.63. The number of rotatable bonds is 4. The first kappa shape index (κ1) is 11.8. The second kappa shape index (κ2) is 4.49. The first-order valence-corrected chi connectivity index (χ1v) is 5.01. The Labute approximate surface area is 89.9 Å². The smallest absolute Gasteiger partial charge is 0.253 e. The zero-order chi connectivity index (χ0) is 11.5. The molecule has 0 aliphatic carbocycles. The number of carbonyl (C=O) groups is 1. The van der Waals surface area contributed by atoms with Crippen LogP contribution < -0.4 is 0 Å². The number of carbonyl (C=O) groups excluding carboxylic acids is 1. The van der Waals surface area contributed by atoms with Crippen molar-refractivity contribution in [3.8, 4) is 0 Å². The molecule has 1 aromatic heterocycles. The van der Waals surface area contributed by atoms with Gasteiger partial charge in [-0.15, -0.1) is 0 Å². The number of H-pyrrole nitrogens is 1. The van der Waals surface area contributed by atoms with E-state index in [0.29, 0.717) is 6.54 Å². The van der Waals surface area contributed by atoms with Gasteiger partial charge in [-0.25, -0.2) is 0 Å². The number of aromatic amines is 1. The van der Waals surface area contributed by atoms with Gasteiger partial charge in [-0.2, -0.15) is 0 Å². The van der Waals surface area contributed by atoms with Crippen molar-refractivity contribution in [3.63, 3.8) is 0 Å². The Morgan fingerprint density at radius 2 is 2.27 bits per heavy atom. The second-order valence-electron chi connectivity index (χ2n) is 4.25. The van der Waals surface area contributed by atoms with Crippen molar-refractivity contribution in [2.24, 2.45) is 0 Å². The highest BCUT2D eigenvalue weighted by Crippen LogP contribution is 2.07. The van der Waals surface area contributed by atoms with Crippen molar-refractivity contribution < 1.29 is 9.90 Å². The van der Waals surface area contributed by atoms with Crippen molar-refractivity contribution in [1.29, 1.82) is 0 Å². The summed E-state index contributed by atoms with van der Waals surface area (Å²) in [5.74, 6) is -0.252. The molecule has 0 saturated heterocycles. The number of hydrogen-bond donors (Lipinski definition) is 2. The Hall–Kier alpha value is -1.29. The Kier molecular flexibility index (Phi) is 3.52. The van der Waals surface area contributed by atoms with Crippen LogP contribution in [0.4, 0.5) is 0 Å². The maximum absolute atomic E-state index is 11.6. The molecule has 1 amide bonds. The average molecular weight is 210 g/mol. The predicted octanol–water partition coefficient (Wildman–Crippen LogP) is 0.786. The van der Waals surface area contributed by atoms with E-state index in [2.05, 4.69) is 4.98 Å². The van der Waals surface area contributed by atoms with Gasteiger partial charge in [0.1, 0.15) is 5.60 Å². The largest absolute Gasteiger partial charge is 0.381 e. The number of aliphatic hydroxyl groups is 1. The van der Waals surface area contributed by atoms with Crippen LogP contribution in [0.25, 0.3) is 0 Å². The summed E-state index contributed by atoms with van der Waals surface area (Å²) >= 11 is 0. The molecule has 15 heavy (non-hydrogen) atoms. The first-order chi connectivity index (χ1) is 6.91. The van der Waals surface area contributed by atoms with E-state index < -0.39 is 5.60 Å². The second-order valence-corrected chi connectivity index (χ2v) is 4.25. The van der Waals surface area contributed by atoms with Gasteiger partial charge in [0, 0.05) is 26.0 Å². The molecule has 4 heteroatoms. The molecule has 0 unspecified atom stereocenters. The molecule has 0 aliphatic rings.